The number of nitrogens with zero attached hydrogens (tertiary/aromatic N) is 1. The first-order valence-electron chi connectivity index (χ1n) is 9.70. The molecule has 1 fully saturated rings. The predicted molar refractivity (Wildman–Crippen MR) is 111 cm³/mol. The molecule has 0 bridgehead atoms. The fourth-order valence-corrected chi connectivity index (χ4v) is 3.82. The van der Waals surface area contributed by atoms with Crippen molar-refractivity contribution in [3.05, 3.63) is 59.1 Å². The van der Waals surface area contributed by atoms with E-state index in [1.54, 1.807) is 19.2 Å². The smallest absolute Gasteiger partial charge is 0.258 e. The van der Waals surface area contributed by atoms with Crippen LogP contribution in [0.4, 0.5) is 0 Å². The zero-order valence-corrected chi connectivity index (χ0v) is 17.0. The van der Waals surface area contributed by atoms with Crippen LogP contribution in [-0.2, 0) is 4.79 Å². The van der Waals surface area contributed by atoms with E-state index in [2.05, 4.69) is 10.2 Å². The second-order valence-corrected chi connectivity index (χ2v) is 7.28. The quantitative estimate of drug-likeness (QED) is 0.723. The van der Waals surface area contributed by atoms with Crippen LogP contribution >= 0.6 is 11.6 Å². The van der Waals surface area contributed by atoms with E-state index in [1.807, 2.05) is 36.4 Å². The summed E-state index contributed by atoms with van der Waals surface area (Å²) >= 11 is 6.45. The van der Waals surface area contributed by atoms with E-state index in [0.29, 0.717) is 18.0 Å². The van der Waals surface area contributed by atoms with Crippen LogP contribution < -0.4 is 14.8 Å². The number of piperidine rings is 1. The summed E-state index contributed by atoms with van der Waals surface area (Å²) in [5.41, 5.74) is 1.05. The molecule has 1 amide bonds. The molecule has 0 saturated carbocycles. The average Bonchev–Trinajstić information content (AvgIpc) is 2.74. The van der Waals surface area contributed by atoms with Gasteiger partial charge in [0.15, 0.2) is 18.1 Å². The van der Waals surface area contributed by atoms with Crippen LogP contribution in [0.1, 0.15) is 30.9 Å². The standard InChI is InChI=1S/C22H27ClN2O3/c1-27-20-11-5-6-12-21(20)28-16-22(26)24-15-19(25-13-7-2-8-14-25)17-9-3-4-10-18(17)23/h3-6,9-12,19H,2,7-8,13-16H2,1H3,(H,24,26). The Kier molecular flexibility index (Phi) is 7.57. The minimum atomic E-state index is -0.167. The molecule has 1 atom stereocenters. The maximum absolute atomic E-state index is 12.4. The molecule has 6 heteroatoms. The molecule has 2 aromatic carbocycles. The molecule has 0 spiro atoms. The van der Waals surface area contributed by atoms with E-state index >= 15 is 0 Å². The largest absolute Gasteiger partial charge is 0.493 e. The molecular weight excluding hydrogens is 376 g/mol. The molecule has 0 radical (unpaired) electrons. The number of para-hydroxylation sites is 2. The molecule has 1 heterocycles. The number of hydrogen-bond acceptors (Lipinski definition) is 4. The van der Waals surface area contributed by atoms with Gasteiger partial charge in [-0.05, 0) is 49.7 Å². The van der Waals surface area contributed by atoms with Gasteiger partial charge in [0.1, 0.15) is 0 Å². The van der Waals surface area contributed by atoms with Crippen molar-refractivity contribution in [3.8, 4) is 11.5 Å². The van der Waals surface area contributed by atoms with Gasteiger partial charge in [-0.25, -0.2) is 0 Å². The summed E-state index contributed by atoms with van der Waals surface area (Å²) in [5, 5.41) is 3.74. The summed E-state index contributed by atoms with van der Waals surface area (Å²) in [6.07, 6.45) is 3.60. The first kappa shape index (κ1) is 20.5. The Morgan fingerprint density at radius 3 is 2.46 bits per heavy atom. The van der Waals surface area contributed by atoms with Crippen molar-refractivity contribution in [3.63, 3.8) is 0 Å². The summed E-state index contributed by atoms with van der Waals surface area (Å²) in [6.45, 7) is 2.47. The normalized spacial score (nSPS) is 15.6. The lowest BCUT2D eigenvalue weighted by molar-refractivity contribution is -0.123. The molecule has 3 rings (SSSR count). The van der Waals surface area contributed by atoms with Crippen molar-refractivity contribution in [2.24, 2.45) is 0 Å². The number of nitrogens with one attached hydrogen (secondary N) is 1. The van der Waals surface area contributed by atoms with Crippen molar-refractivity contribution in [2.75, 3.05) is 33.4 Å². The molecule has 1 N–H and O–H groups in total. The van der Waals surface area contributed by atoms with Crippen molar-refractivity contribution in [1.29, 1.82) is 0 Å². The highest BCUT2D eigenvalue weighted by Crippen LogP contribution is 2.29. The second-order valence-electron chi connectivity index (χ2n) is 6.88. The highest BCUT2D eigenvalue weighted by molar-refractivity contribution is 6.31. The highest BCUT2D eigenvalue weighted by Gasteiger charge is 2.24. The van der Waals surface area contributed by atoms with E-state index in [9.17, 15) is 4.79 Å². The number of benzene rings is 2. The highest BCUT2D eigenvalue weighted by atomic mass is 35.5. The van der Waals surface area contributed by atoms with Gasteiger partial charge in [0.25, 0.3) is 5.91 Å². The Balaban J connectivity index is 1.61. The maximum Gasteiger partial charge on any atom is 0.258 e. The third-order valence-corrected chi connectivity index (χ3v) is 5.36. The molecule has 5 nitrogen and oxygen atoms in total. The molecule has 1 saturated heterocycles. The van der Waals surface area contributed by atoms with Crippen molar-refractivity contribution >= 4 is 17.5 Å². The van der Waals surface area contributed by atoms with E-state index in [1.165, 1.54) is 19.3 Å². The van der Waals surface area contributed by atoms with Crippen LogP contribution in [0, 0.1) is 0 Å². The summed E-state index contributed by atoms with van der Waals surface area (Å²) in [5.74, 6) is 0.997. The molecular formula is C22H27ClN2O3. The summed E-state index contributed by atoms with van der Waals surface area (Å²) in [6, 6.07) is 15.2. The average molecular weight is 403 g/mol. The number of hydrogen-bond donors (Lipinski definition) is 1. The summed E-state index contributed by atoms with van der Waals surface area (Å²) in [7, 11) is 1.58. The monoisotopic (exact) mass is 402 g/mol. The Labute approximate surface area is 171 Å². The van der Waals surface area contributed by atoms with Gasteiger partial charge in [-0.15, -0.1) is 0 Å². The van der Waals surface area contributed by atoms with Gasteiger partial charge in [-0.1, -0.05) is 48.4 Å². The maximum atomic E-state index is 12.4. The van der Waals surface area contributed by atoms with Crippen molar-refractivity contribution < 1.29 is 14.3 Å². The number of rotatable bonds is 8. The predicted octanol–water partition coefficient (Wildman–Crippen LogP) is 4.07. The molecule has 1 unspecified atom stereocenters. The molecule has 150 valence electrons. The number of likely N-dealkylation sites (tertiary alicyclic amines) is 1. The van der Waals surface area contributed by atoms with Crippen LogP contribution in [0.3, 0.4) is 0 Å². The Bertz CT molecular complexity index is 778. The molecule has 1 aliphatic rings. The lowest BCUT2D eigenvalue weighted by Gasteiger charge is -2.35. The zero-order valence-electron chi connectivity index (χ0n) is 16.2. The lowest BCUT2D eigenvalue weighted by Crippen LogP contribution is -2.41. The lowest BCUT2D eigenvalue weighted by atomic mass is 10.0. The van der Waals surface area contributed by atoms with Crippen LogP contribution in [0.15, 0.2) is 48.5 Å². The van der Waals surface area contributed by atoms with Crippen molar-refractivity contribution in [2.45, 2.75) is 25.3 Å². The Hall–Kier alpha value is -2.24. The second kappa shape index (κ2) is 10.3. The van der Waals surface area contributed by atoms with Gasteiger partial charge in [-0.3, -0.25) is 9.69 Å². The number of ether oxygens (including phenoxy) is 2. The minimum absolute atomic E-state index is 0.0595. The molecule has 28 heavy (non-hydrogen) atoms. The topological polar surface area (TPSA) is 50.8 Å². The van der Waals surface area contributed by atoms with Gasteiger partial charge >= 0.3 is 0 Å². The van der Waals surface area contributed by atoms with Gasteiger partial charge in [0, 0.05) is 11.6 Å². The van der Waals surface area contributed by atoms with E-state index in [4.69, 9.17) is 21.1 Å². The third-order valence-electron chi connectivity index (χ3n) is 5.02. The molecule has 1 aliphatic heterocycles. The SMILES string of the molecule is COc1ccccc1OCC(=O)NCC(c1ccccc1Cl)N1CCCCC1. The number of carbonyl (C=O) groups is 1. The number of amides is 1. The van der Waals surface area contributed by atoms with Crippen LogP contribution in [0.5, 0.6) is 11.5 Å². The first-order chi connectivity index (χ1) is 13.7. The van der Waals surface area contributed by atoms with Crippen LogP contribution in [-0.4, -0.2) is 44.2 Å². The summed E-state index contributed by atoms with van der Waals surface area (Å²) < 4.78 is 10.9. The fourth-order valence-electron chi connectivity index (χ4n) is 3.55. The molecule has 0 aromatic heterocycles. The Morgan fingerprint density at radius 1 is 1.07 bits per heavy atom. The van der Waals surface area contributed by atoms with Crippen LogP contribution in [0.2, 0.25) is 5.02 Å². The van der Waals surface area contributed by atoms with Gasteiger partial charge < -0.3 is 14.8 Å². The van der Waals surface area contributed by atoms with E-state index in [0.717, 1.165) is 23.7 Å². The number of halogens is 1. The number of carbonyl (C=O) groups excluding carboxylic acids is 1. The van der Waals surface area contributed by atoms with Crippen LogP contribution in [0.25, 0.3) is 0 Å². The summed E-state index contributed by atoms with van der Waals surface area (Å²) in [4.78, 5) is 14.8. The number of methoxy groups -OCH3 is 1. The van der Waals surface area contributed by atoms with E-state index < -0.39 is 0 Å². The van der Waals surface area contributed by atoms with Gasteiger partial charge in [0.2, 0.25) is 0 Å². The van der Waals surface area contributed by atoms with E-state index in [-0.39, 0.29) is 18.6 Å². The first-order valence-corrected chi connectivity index (χ1v) is 10.1. The van der Waals surface area contributed by atoms with Gasteiger partial charge in [-0.2, -0.15) is 0 Å². The Morgan fingerprint density at radius 2 is 1.75 bits per heavy atom. The van der Waals surface area contributed by atoms with Crippen molar-refractivity contribution in [1.82, 2.24) is 10.2 Å². The fraction of sp³-hybridized carbons (Fsp3) is 0.409. The third kappa shape index (κ3) is 5.40. The molecule has 0 aliphatic carbocycles. The minimum Gasteiger partial charge on any atom is -0.493 e. The zero-order chi connectivity index (χ0) is 19.8. The molecule has 2 aromatic rings. The van der Waals surface area contributed by atoms with Gasteiger partial charge in [0.05, 0.1) is 13.2 Å².